The Labute approximate surface area is 139 Å². The SMILES string of the molecule is CN1C(=O)CC[C@H](C(=O)NCc2ccncc2)[C@@H]1c1cccs1. The molecule has 2 amide bonds. The summed E-state index contributed by atoms with van der Waals surface area (Å²) in [7, 11) is 1.79. The lowest BCUT2D eigenvalue weighted by Gasteiger charge is -2.37. The highest BCUT2D eigenvalue weighted by atomic mass is 32.1. The van der Waals surface area contributed by atoms with E-state index < -0.39 is 0 Å². The highest BCUT2D eigenvalue weighted by molar-refractivity contribution is 7.10. The topological polar surface area (TPSA) is 62.3 Å². The number of pyridine rings is 1. The monoisotopic (exact) mass is 329 g/mol. The van der Waals surface area contributed by atoms with Crippen LogP contribution in [0.5, 0.6) is 0 Å². The van der Waals surface area contributed by atoms with E-state index in [0.29, 0.717) is 19.4 Å². The van der Waals surface area contributed by atoms with E-state index in [1.807, 2.05) is 29.6 Å². The number of nitrogens with zero attached hydrogens (tertiary/aromatic N) is 2. The maximum atomic E-state index is 12.7. The van der Waals surface area contributed by atoms with Crippen LogP contribution in [0.4, 0.5) is 0 Å². The summed E-state index contributed by atoms with van der Waals surface area (Å²) in [5, 5.41) is 4.98. The first-order valence-electron chi connectivity index (χ1n) is 7.62. The van der Waals surface area contributed by atoms with Crippen LogP contribution in [0.25, 0.3) is 0 Å². The number of piperidine rings is 1. The predicted molar refractivity (Wildman–Crippen MR) is 88.6 cm³/mol. The molecule has 1 N–H and O–H groups in total. The van der Waals surface area contributed by atoms with E-state index in [9.17, 15) is 9.59 Å². The molecule has 0 spiro atoms. The second kappa shape index (κ2) is 6.91. The zero-order valence-corrected chi connectivity index (χ0v) is 13.8. The summed E-state index contributed by atoms with van der Waals surface area (Å²) in [6.07, 6.45) is 4.44. The third kappa shape index (κ3) is 3.42. The van der Waals surface area contributed by atoms with Crippen molar-refractivity contribution in [2.24, 2.45) is 5.92 Å². The highest BCUT2D eigenvalue weighted by Gasteiger charge is 2.39. The first kappa shape index (κ1) is 15.7. The van der Waals surface area contributed by atoms with E-state index in [0.717, 1.165) is 10.4 Å². The molecule has 0 radical (unpaired) electrons. The molecule has 1 aliphatic rings. The number of nitrogens with one attached hydrogen (secondary N) is 1. The van der Waals surface area contributed by atoms with Gasteiger partial charge in [0.1, 0.15) is 0 Å². The van der Waals surface area contributed by atoms with Gasteiger partial charge in [0.15, 0.2) is 0 Å². The van der Waals surface area contributed by atoms with E-state index in [1.165, 1.54) is 0 Å². The van der Waals surface area contributed by atoms with Crippen LogP contribution in [-0.4, -0.2) is 28.7 Å². The lowest BCUT2D eigenvalue weighted by Crippen LogP contribution is -2.45. The number of likely N-dealkylation sites (tertiary alicyclic amines) is 1. The average Bonchev–Trinajstić information content (AvgIpc) is 3.10. The average molecular weight is 329 g/mol. The van der Waals surface area contributed by atoms with Gasteiger partial charge in [-0.3, -0.25) is 14.6 Å². The maximum Gasteiger partial charge on any atom is 0.225 e. The largest absolute Gasteiger partial charge is 0.352 e. The van der Waals surface area contributed by atoms with Crippen LogP contribution in [0, 0.1) is 5.92 Å². The molecular formula is C17H19N3O2S. The summed E-state index contributed by atoms with van der Waals surface area (Å²) in [5.74, 6) is -0.112. The van der Waals surface area contributed by atoms with Crippen molar-refractivity contribution in [1.29, 1.82) is 0 Å². The molecule has 0 bridgehead atoms. The first-order chi connectivity index (χ1) is 11.2. The summed E-state index contributed by atoms with van der Waals surface area (Å²) in [5.41, 5.74) is 1.02. The molecule has 3 rings (SSSR count). The minimum atomic E-state index is -0.210. The molecule has 5 nitrogen and oxygen atoms in total. The molecule has 1 saturated heterocycles. The highest BCUT2D eigenvalue weighted by Crippen LogP contribution is 2.37. The first-order valence-corrected chi connectivity index (χ1v) is 8.50. The third-order valence-corrected chi connectivity index (χ3v) is 5.19. The standard InChI is InChI=1S/C17H19N3O2S/c1-20-15(21)5-4-13(16(20)14-3-2-10-23-14)17(22)19-11-12-6-8-18-9-7-12/h2-3,6-10,13,16H,4-5,11H2,1H3,(H,19,22)/t13-,16+/m0/s1. The van der Waals surface area contributed by atoms with Gasteiger partial charge in [-0.2, -0.15) is 0 Å². The zero-order valence-electron chi connectivity index (χ0n) is 12.9. The lowest BCUT2D eigenvalue weighted by molar-refractivity contribution is -0.141. The molecule has 6 heteroatoms. The van der Waals surface area contributed by atoms with E-state index in [2.05, 4.69) is 10.3 Å². The van der Waals surface area contributed by atoms with Crippen LogP contribution in [0.3, 0.4) is 0 Å². The Hall–Kier alpha value is -2.21. The molecule has 2 atom stereocenters. The van der Waals surface area contributed by atoms with Gasteiger partial charge in [-0.05, 0) is 35.6 Å². The Balaban J connectivity index is 1.73. The molecular weight excluding hydrogens is 310 g/mol. The predicted octanol–water partition coefficient (Wildman–Crippen LogP) is 2.37. The smallest absolute Gasteiger partial charge is 0.225 e. The number of hydrogen-bond donors (Lipinski definition) is 1. The zero-order chi connectivity index (χ0) is 16.2. The van der Waals surface area contributed by atoms with Crippen molar-refractivity contribution in [1.82, 2.24) is 15.2 Å². The summed E-state index contributed by atoms with van der Waals surface area (Å²) in [6, 6.07) is 7.54. The second-order valence-corrected chi connectivity index (χ2v) is 6.66. The fourth-order valence-corrected chi connectivity index (χ4v) is 3.92. The number of thiophene rings is 1. The third-order valence-electron chi connectivity index (χ3n) is 4.25. The minimum Gasteiger partial charge on any atom is -0.352 e. The fraction of sp³-hybridized carbons (Fsp3) is 0.353. The van der Waals surface area contributed by atoms with Crippen LogP contribution in [0.15, 0.2) is 42.0 Å². The molecule has 23 heavy (non-hydrogen) atoms. The minimum absolute atomic E-state index is 0.000405. The van der Waals surface area contributed by atoms with E-state index >= 15 is 0 Å². The van der Waals surface area contributed by atoms with Gasteiger partial charge in [-0.15, -0.1) is 11.3 Å². The maximum absolute atomic E-state index is 12.7. The number of hydrogen-bond acceptors (Lipinski definition) is 4. The molecule has 3 heterocycles. The molecule has 1 aliphatic heterocycles. The Bertz CT molecular complexity index is 672. The van der Waals surface area contributed by atoms with Gasteiger partial charge in [0.05, 0.1) is 12.0 Å². The van der Waals surface area contributed by atoms with Crippen molar-refractivity contribution in [3.05, 3.63) is 52.5 Å². The Morgan fingerprint density at radius 3 is 2.87 bits per heavy atom. The van der Waals surface area contributed by atoms with Gasteiger partial charge in [0.2, 0.25) is 11.8 Å². The number of amides is 2. The van der Waals surface area contributed by atoms with Crippen molar-refractivity contribution in [3.63, 3.8) is 0 Å². The number of rotatable bonds is 4. The van der Waals surface area contributed by atoms with Gasteiger partial charge >= 0.3 is 0 Å². The van der Waals surface area contributed by atoms with Gasteiger partial charge in [0, 0.05) is 37.3 Å². The quantitative estimate of drug-likeness (QED) is 0.937. The van der Waals surface area contributed by atoms with Crippen molar-refractivity contribution < 1.29 is 9.59 Å². The van der Waals surface area contributed by atoms with Crippen LogP contribution < -0.4 is 5.32 Å². The molecule has 0 aliphatic carbocycles. The Kier molecular flexibility index (Phi) is 4.71. The van der Waals surface area contributed by atoms with E-state index in [-0.39, 0.29) is 23.8 Å². The normalized spacial score (nSPS) is 21.3. The summed E-state index contributed by atoms with van der Waals surface area (Å²) >= 11 is 1.59. The molecule has 120 valence electrons. The lowest BCUT2D eigenvalue weighted by atomic mass is 9.87. The van der Waals surface area contributed by atoms with Crippen molar-refractivity contribution in [2.45, 2.75) is 25.4 Å². The molecule has 2 aromatic rings. The van der Waals surface area contributed by atoms with Crippen LogP contribution in [0.2, 0.25) is 0 Å². The van der Waals surface area contributed by atoms with Crippen molar-refractivity contribution >= 4 is 23.2 Å². The number of carbonyl (C=O) groups excluding carboxylic acids is 2. The molecule has 0 saturated carbocycles. The summed E-state index contributed by atoms with van der Waals surface area (Å²) < 4.78 is 0. The van der Waals surface area contributed by atoms with Crippen LogP contribution in [0.1, 0.15) is 29.3 Å². The molecule has 0 aromatic carbocycles. The number of aromatic nitrogens is 1. The molecule has 0 unspecified atom stereocenters. The summed E-state index contributed by atoms with van der Waals surface area (Å²) in [4.78, 5) is 31.5. The van der Waals surface area contributed by atoms with E-state index in [4.69, 9.17) is 0 Å². The fourth-order valence-electron chi connectivity index (χ4n) is 2.98. The second-order valence-electron chi connectivity index (χ2n) is 5.68. The van der Waals surface area contributed by atoms with Gasteiger partial charge in [-0.1, -0.05) is 6.07 Å². The number of carbonyl (C=O) groups is 2. The molecule has 2 aromatic heterocycles. The Morgan fingerprint density at radius 2 is 2.17 bits per heavy atom. The van der Waals surface area contributed by atoms with Gasteiger partial charge in [-0.25, -0.2) is 0 Å². The van der Waals surface area contributed by atoms with Crippen molar-refractivity contribution in [3.8, 4) is 0 Å². The van der Waals surface area contributed by atoms with Gasteiger partial charge in [0.25, 0.3) is 0 Å². The van der Waals surface area contributed by atoms with E-state index in [1.54, 1.807) is 35.7 Å². The van der Waals surface area contributed by atoms with Gasteiger partial charge < -0.3 is 10.2 Å². The van der Waals surface area contributed by atoms with Crippen LogP contribution in [-0.2, 0) is 16.1 Å². The molecule has 1 fully saturated rings. The Morgan fingerprint density at radius 1 is 1.39 bits per heavy atom. The summed E-state index contributed by atoms with van der Waals surface area (Å²) in [6.45, 7) is 0.479. The van der Waals surface area contributed by atoms with Crippen LogP contribution >= 0.6 is 11.3 Å². The van der Waals surface area contributed by atoms with Crippen molar-refractivity contribution in [2.75, 3.05) is 7.05 Å².